The van der Waals surface area contributed by atoms with Crippen LogP contribution in [-0.2, 0) is 0 Å². The van der Waals surface area contributed by atoms with Crippen LogP contribution in [-0.4, -0.2) is 44.2 Å². The zero-order valence-electron chi connectivity index (χ0n) is 15.4. The molecule has 1 aliphatic heterocycles. The number of halogens is 1. The molecule has 1 amide bonds. The predicted molar refractivity (Wildman–Crippen MR) is 100 cm³/mol. The number of aromatic amines is 1. The van der Waals surface area contributed by atoms with Gasteiger partial charge in [0.15, 0.2) is 11.6 Å². The second-order valence-electron chi connectivity index (χ2n) is 6.74. The molecule has 2 aromatic heterocycles. The van der Waals surface area contributed by atoms with Crippen molar-refractivity contribution in [3.05, 3.63) is 59.9 Å². The Bertz CT molecular complexity index is 982. The Balaban J connectivity index is 1.37. The first-order chi connectivity index (χ1) is 13.6. The average molecular weight is 381 g/mol. The van der Waals surface area contributed by atoms with Crippen molar-refractivity contribution in [2.24, 2.45) is 0 Å². The number of benzene rings is 1. The number of aryl methyl sites for hydroxylation is 1. The van der Waals surface area contributed by atoms with Crippen LogP contribution >= 0.6 is 0 Å². The average Bonchev–Trinajstić information content (AvgIpc) is 3.20. The topological polar surface area (TPSA) is 84.0 Å². The van der Waals surface area contributed by atoms with Crippen LogP contribution in [0.1, 0.15) is 30.3 Å². The van der Waals surface area contributed by atoms with E-state index in [0.717, 1.165) is 18.7 Å². The van der Waals surface area contributed by atoms with E-state index in [4.69, 9.17) is 4.74 Å². The Hall–Kier alpha value is -3.29. The molecule has 0 bridgehead atoms. The minimum atomic E-state index is -0.376. The molecule has 1 fully saturated rings. The summed E-state index contributed by atoms with van der Waals surface area (Å²) in [6, 6.07) is 9.89. The Labute approximate surface area is 161 Å². The van der Waals surface area contributed by atoms with Crippen molar-refractivity contribution in [1.82, 2.24) is 25.1 Å². The lowest BCUT2D eigenvalue weighted by atomic mass is 9.96. The highest BCUT2D eigenvalue weighted by molar-refractivity contribution is 5.71. The second kappa shape index (κ2) is 7.75. The first kappa shape index (κ1) is 18.1. The summed E-state index contributed by atoms with van der Waals surface area (Å²) in [5.74, 6) is 1.32. The molecular formula is C20H20FN5O2. The second-order valence-corrected chi connectivity index (χ2v) is 6.74. The number of H-pyrrole nitrogens is 1. The van der Waals surface area contributed by atoms with Gasteiger partial charge in [-0.3, -0.25) is 10.1 Å². The molecule has 0 radical (unpaired) electrons. The quantitative estimate of drug-likeness (QED) is 0.748. The van der Waals surface area contributed by atoms with Gasteiger partial charge in [0.05, 0.1) is 11.3 Å². The Kier molecular flexibility index (Phi) is 5.01. The molecule has 0 atom stereocenters. The minimum Gasteiger partial charge on any atom is -0.408 e. The Morgan fingerprint density at radius 3 is 2.75 bits per heavy atom. The maximum absolute atomic E-state index is 13.9. The molecule has 3 heterocycles. The summed E-state index contributed by atoms with van der Waals surface area (Å²) in [7, 11) is 0. The zero-order valence-corrected chi connectivity index (χ0v) is 15.4. The number of likely N-dealkylation sites (tertiary alicyclic amines) is 1. The summed E-state index contributed by atoms with van der Waals surface area (Å²) < 4.78 is 19.4. The van der Waals surface area contributed by atoms with Crippen molar-refractivity contribution < 1.29 is 13.9 Å². The van der Waals surface area contributed by atoms with E-state index in [1.54, 1.807) is 48.4 Å². The summed E-state index contributed by atoms with van der Waals surface area (Å²) in [6.45, 7) is 2.91. The number of carbonyl (C=O) groups excluding carboxylic acids is 1. The van der Waals surface area contributed by atoms with Gasteiger partial charge in [-0.05, 0) is 44.0 Å². The fraction of sp³-hybridized carbons (Fsp3) is 0.300. The number of rotatable bonds is 3. The zero-order chi connectivity index (χ0) is 19.5. The molecule has 1 saturated heterocycles. The molecule has 0 unspecified atom stereocenters. The Morgan fingerprint density at radius 2 is 2.00 bits per heavy atom. The Morgan fingerprint density at radius 1 is 1.21 bits per heavy atom. The minimum absolute atomic E-state index is 0.136. The van der Waals surface area contributed by atoms with Gasteiger partial charge in [-0.1, -0.05) is 12.1 Å². The van der Waals surface area contributed by atoms with Gasteiger partial charge in [0, 0.05) is 25.2 Å². The number of nitrogens with zero attached hydrogens (tertiary/aromatic N) is 4. The van der Waals surface area contributed by atoms with Crippen LogP contribution in [0.15, 0.2) is 42.6 Å². The molecule has 1 N–H and O–H groups in total. The van der Waals surface area contributed by atoms with Gasteiger partial charge in [0.1, 0.15) is 11.6 Å². The van der Waals surface area contributed by atoms with Crippen LogP contribution in [0.25, 0.3) is 11.4 Å². The smallest absolute Gasteiger partial charge is 0.408 e. The van der Waals surface area contributed by atoms with E-state index in [-0.39, 0.29) is 17.8 Å². The van der Waals surface area contributed by atoms with Gasteiger partial charge in [-0.15, -0.1) is 0 Å². The maximum Gasteiger partial charge on any atom is 0.415 e. The lowest BCUT2D eigenvalue weighted by Crippen LogP contribution is -2.39. The first-order valence-corrected chi connectivity index (χ1v) is 9.17. The first-order valence-electron chi connectivity index (χ1n) is 9.17. The maximum atomic E-state index is 13.9. The molecule has 0 spiro atoms. The van der Waals surface area contributed by atoms with Crippen molar-refractivity contribution in [2.45, 2.75) is 25.7 Å². The van der Waals surface area contributed by atoms with E-state index >= 15 is 0 Å². The number of ether oxygens (including phenoxy) is 1. The number of hydrogen-bond donors (Lipinski definition) is 1. The third kappa shape index (κ3) is 3.71. The van der Waals surface area contributed by atoms with Gasteiger partial charge in [-0.2, -0.15) is 5.10 Å². The standard InChI is InChI=1S/C20H20FN5O2/c1-13-17(7-4-10-22-13)28-20(27)26-11-8-14(9-12-26)18-23-19(25-24-18)15-5-2-3-6-16(15)21/h2-7,10,14H,8-9,11-12H2,1H3,(H,23,24,25). The number of nitrogens with one attached hydrogen (secondary N) is 1. The lowest BCUT2D eigenvalue weighted by molar-refractivity contribution is 0.137. The van der Waals surface area contributed by atoms with Crippen LogP contribution in [0.5, 0.6) is 5.75 Å². The summed E-state index contributed by atoms with van der Waals surface area (Å²) in [6.07, 6.45) is 2.74. The van der Waals surface area contributed by atoms with E-state index in [1.807, 2.05) is 0 Å². The van der Waals surface area contributed by atoms with Crippen LogP contribution < -0.4 is 4.74 Å². The highest BCUT2D eigenvalue weighted by Crippen LogP contribution is 2.28. The number of aromatic nitrogens is 4. The third-order valence-electron chi connectivity index (χ3n) is 4.91. The van der Waals surface area contributed by atoms with Crippen LogP contribution in [0.3, 0.4) is 0 Å². The molecule has 1 aromatic carbocycles. The van der Waals surface area contributed by atoms with Crippen LogP contribution in [0.2, 0.25) is 0 Å². The number of hydrogen-bond acceptors (Lipinski definition) is 5. The van der Waals surface area contributed by atoms with E-state index in [0.29, 0.717) is 35.9 Å². The fourth-order valence-electron chi connectivity index (χ4n) is 3.29. The molecule has 1 aliphatic rings. The van der Waals surface area contributed by atoms with E-state index < -0.39 is 0 Å². The van der Waals surface area contributed by atoms with Crippen molar-refractivity contribution in [3.63, 3.8) is 0 Å². The molecule has 28 heavy (non-hydrogen) atoms. The number of piperidine rings is 1. The molecule has 3 aromatic rings. The summed E-state index contributed by atoms with van der Waals surface area (Å²) >= 11 is 0. The molecular weight excluding hydrogens is 361 g/mol. The van der Waals surface area contributed by atoms with Crippen LogP contribution in [0.4, 0.5) is 9.18 Å². The molecule has 144 valence electrons. The van der Waals surface area contributed by atoms with E-state index in [9.17, 15) is 9.18 Å². The van der Waals surface area contributed by atoms with Gasteiger partial charge >= 0.3 is 6.09 Å². The largest absolute Gasteiger partial charge is 0.415 e. The van der Waals surface area contributed by atoms with Gasteiger partial charge < -0.3 is 9.64 Å². The fourth-order valence-corrected chi connectivity index (χ4v) is 3.29. The van der Waals surface area contributed by atoms with Gasteiger partial charge in [-0.25, -0.2) is 14.2 Å². The molecule has 0 aliphatic carbocycles. The van der Waals surface area contributed by atoms with Gasteiger partial charge in [0.25, 0.3) is 0 Å². The number of amides is 1. The van der Waals surface area contributed by atoms with Crippen molar-refractivity contribution in [3.8, 4) is 17.1 Å². The van der Waals surface area contributed by atoms with E-state index in [1.165, 1.54) is 6.07 Å². The highest BCUT2D eigenvalue weighted by atomic mass is 19.1. The SMILES string of the molecule is Cc1ncccc1OC(=O)N1CCC(c2nc(-c3ccccc3F)n[nH]2)CC1. The molecule has 0 saturated carbocycles. The van der Waals surface area contributed by atoms with Crippen molar-refractivity contribution >= 4 is 6.09 Å². The monoisotopic (exact) mass is 381 g/mol. The lowest BCUT2D eigenvalue weighted by Gasteiger charge is -2.30. The predicted octanol–water partition coefficient (Wildman–Crippen LogP) is 3.69. The normalized spacial score (nSPS) is 14.9. The summed E-state index contributed by atoms with van der Waals surface area (Å²) in [4.78, 5) is 22.7. The molecule has 7 nitrogen and oxygen atoms in total. The summed E-state index contributed by atoms with van der Waals surface area (Å²) in [5.41, 5.74) is 1.05. The third-order valence-corrected chi connectivity index (χ3v) is 4.91. The van der Waals surface area contributed by atoms with Crippen molar-refractivity contribution in [2.75, 3.05) is 13.1 Å². The molecule has 8 heteroatoms. The van der Waals surface area contributed by atoms with E-state index in [2.05, 4.69) is 20.2 Å². The summed E-state index contributed by atoms with van der Waals surface area (Å²) in [5, 5.41) is 7.08. The highest BCUT2D eigenvalue weighted by Gasteiger charge is 2.27. The van der Waals surface area contributed by atoms with Gasteiger partial charge in [0.2, 0.25) is 0 Å². The number of pyridine rings is 1. The number of carbonyl (C=O) groups is 1. The van der Waals surface area contributed by atoms with Crippen LogP contribution in [0, 0.1) is 12.7 Å². The van der Waals surface area contributed by atoms with Crippen molar-refractivity contribution in [1.29, 1.82) is 0 Å². The molecule has 4 rings (SSSR count).